The van der Waals surface area contributed by atoms with E-state index in [1.54, 1.807) is 12.1 Å². The average molecular weight is 289 g/mol. The van der Waals surface area contributed by atoms with Crippen molar-refractivity contribution in [2.45, 2.75) is 46.1 Å². The number of carboxylic acids is 1. The lowest BCUT2D eigenvalue weighted by Crippen LogP contribution is -2.56. The number of benzene rings is 1. The van der Waals surface area contributed by atoms with Crippen molar-refractivity contribution in [3.63, 3.8) is 0 Å². The summed E-state index contributed by atoms with van der Waals surface area (Å²) in [5.74, 6) is -1.10. The number of carbonyl (C=O) groups is 2. The van der Waals surface area contributed by atoms with Crippen LogP contribution in [0.1, 0.15) is 49.5 Å². The lowest BCUT2D eigenvalue weighted by molar-refractivity contribution is -0.148. The van der Waals surface area contributed by atoms with Gasteiger partial charge in [0.05, 0.1) is 0 Å². The molecule has 21 heavy (non-hydrogen) atoms. The van der Waals surface area contributed by atoms with Crippen molar-refractivity contribution < 1.29 is 14.7 Å². The second-order valence-corrected chi connectivity index (χ2v) is 6.38. The molecule has 1 atom stereocenters. The Morgan fingerprint density at radius 3 is 2.43 bits per heavy atom. The number of aryl methyl sites for hydroxylation is 1. The van der Waals surface area contributed by atoms with Gasteiger partial charge in [-0.15, -0.1) is 0 Å². The summed E-state index contributed by atoms with van der Waals surface area (Å²) in [4.78, 5) is 25.8. The third-order valence-electron chi connectivity index (χ3n) is 4.38. The highest BCUT2D eigenvalue weighted by Gasteiger charge is 2.44. The number of hydrogen-bond acceptors (Lipinski definition) is 2. The first-order valence-electron chi connectivity index (χ1n) is 7.49. The molecule has 2 rings (SSSR count). The summed E-state index contributed by atoms with van der Waals surface area (Å²) in [7, 11) is 0. The zero-order valence-electron chi connectivity index (χ0n) is 12.9. The van der Waals surface area contributed by atoms with E-state index in [2.05, 4.69) is 6.92 Å². The third-order valence-corrected chi connectivity index (χ3v) is 4.38. The van der Waals surface area contributed by atoms with Crippen LogP contribution in [0.3, 0.4) is 0 Å². The number of rotatable bonds is 3. The Kier molecular flexibility index (Phi) is 4.35. The van der Waals surface area contributed by atoms with Gasteiger partial charge in [0.25, 0.3) is 5.91 Å². The van der Waals surface area contributed by atoms with Gasteiger partial charge in [0.15, 0.2) is 0 Å². The number of amides is 1. The van der Waals surface area contributed by atoms with Gasteiger partial charge in [-0.25, -0.2) is 4.79 Å². The second kappa shape index (κ2) is 5.88. The lowest BCUT2D eigenvalue weighted by Gasteiger charge is -2.44. The summed E-state index contributed by atoms with van der Waals surface area (Å²) in [5.41, 5.74) is 1.33. The summed E-state index contributed by atoms with van der Waals surface area (Å²) >= 11 is 0. The molecular formula is C17H23NO3. The van der Waals surface area contributed by atoms with E-state index < -0.39 is 17.4 Å². The minimum Gasteiger partial charge on any atom is -0.480 e. The van der Waals surface area contributed by atoms with Crippen LogP contribution in [0.15, 0.2) is 24.3 Å². The third kappa shape index (κ3) is 3.09. The molecule has 1 aliphatic heterocycles. The number of likely N-dealkylation sites (tertiary alicyclic amines) is 1. The highest BCUT2D eigenvalue weighted by Crippen LogP contribution is 2.36. The molecule has 0 spiro atoms. The SMILES string of the molecule is CCc1ccc(C(=O)N2CCCC(C)(C)C2C(=O)O)cc1. The zero-order chi connectivity index (χ0) is 15.6. The fraction of sp³-hybridized carbons (Fsp3) is 0.529. The van der Waals surface area contributed by atoms with E-state index in [0.29, 0.717) is 12.1 Å². The van der Waals surface area contributed by atoms with E-state index in [4.69, 9.17) is 0 Å². The molecule has 4 nitrogen and oxygen atoms in total. The minimum absolute atomic E-state index is 0.183. The number of piperidine rings is 1. The Morgan fingerprint density at radius 2 is 1.90 bits per heavy atom. The smallest absolute Gasteiger partial charge is 0.326 e. The Morgan fingerprint density at radius 1 is 1.29 bits per heavy atom. The van der Waals surface area contributed by atoms with E-state index in [0.717, 1.165) is 19.3 Å². The molecule has 1 N–H and O–H groups in total. The van der Waals surface area contributed by atoms with Crippen molar-refractivity contribution in [3.8, 4) is 0 Å². The maximum atomic E-state index is 12.7. The normalized spacial score (nSPS) is 21.1. The predicted octanol–water partition coefficient (Wildman–Crippen LogP) is 2.96. The summed E-state index contributed by atoms with van der Waals surface area (Å²) < 4.78 is 0. The summed E-state index contributed by atoms with van der Waals surface area (Å²) in [6, 6.07) is 6.68. The van der Waals surface area contributed by atoms with Crippen molar-refractivity contribution >= 4 is 11.9 Å². The molecule has 0 saturated carbocycles. The van der Waals surface area contributed by atoms with Crippen LogP contribution in [0.5, 0.6) is 0 Å². The molecule has 1 aromatic rings. The molecule has 0 aliphatic carbocycles. The molecule has 1 fully saturated rings. The van der Waals surface area contributed by atoms with Gasteiger partial charge in [-0.3, -0.25) is 4.79 Å². The van der Waals surface area contributed by atoms with E-state index in [1.807, 2.05) is 26.0 Å². The van der Waals surface area contributed by atoms with Crippen LogP contribution in [-0.2, 0) is 11.2 Å². The van der Waals surface area contributed by atoms with Crippen molar-refractivity contribution in [1.82, 2.24) is 4.90 Å². The monoisotopic (exact) mass is 289 g/mol. The Balaban J connectivity index is 2.28. The van der Waals surface area contributed by atoms with E-state index in [1.165, 1.54) is 10.5 Å². The molecule has 0 aromatic heterocycles. The highest BCUT2D eigenvalue weighted by atomic mass is 16.4. The van der Waals surface area contributed by atoms with E-state index >= 15 is 0 Å². The first-order valence-corrected chi connectivity index (χ1v) is 7.49. The van der Waals surface area contributed by atoms with Gasteiger partial charge in [-0.05, 0) is 42.4 Å². The molecule has 1 heterocycles. The molecule has 1 saturated heterocycles. The number of carbonyl (C=O) groups excluding carboxylic acids is 1. The van der Waals surface area contributed by atoms with Gasteiger partial charge >= 0.3 is 5.97 Å². The van der Waals surface area contributed by atoms with Crippen LogP contribution < -0.4 is 0 Å². The lowest BCUT2D eigenvalue weighted by atomic mass is 9.76. The standard InChI is InChI=1S/C17H23NO3/c1-4-12-6-8-13(9-7-12)15(19)18-11-5-10-17(2,3)14(18)16(20)21/h6-9,14H,4-5,10-11H2,1-3H3,(H,20,21). The van der Waals surface area contributed by atoms with Crippen LogP contribution in [0.2, 0.25) is 0 Å². The predicted molar refractivity (Wildman–Crippen MR) is 81.3 cm³/mol. The molecule has 114 valence electrons. The quantitative estimate of drug-likeness (QED) is 0.930. The first-order chi connectivity index (χ1) is 9.86. The number of nitrogens with zero attached hydrogens (tertiary/aromatic N) is 1. The largest absolute Gasteiger partial charge is 0.480 e. The van der Waals surface area contributed by atoms with Crippen molar-refractivity contribution in [2.24, 2.45) is 5.41 Å². The maximum absolute atomic E-state index is 12.7. The van der Waals surface area contributed by atoms with Crippen LogP contribution in [0.4, 0.5) is 0 Å². The van der Waals surface area contributed by atoms with Crippen LogP contribution in [0, 0.1) is 5.41 Å². The molecular weight excluding hydrogens is 266 g/mol. The fourth-order valence-corrected chi connectivity index (χ4v) is 3.13. The molecule has 0 bridgehead atoms. The highest BCUT2D eigenvalue weighted by molar-refractivity contribution is 5.97. The van der Waals surface area contributed by atoms with Crippen LogP contribution in [-0.4, -0.2) is 34.5 Å². The van der Waals surface area contributed by atoms with Gasteiger partial charge in [0.1, 0.15) is 6.04 Å². The Hall–Kier alpha value is -1.84. The second-order valence-electron chi connectivity index (χ2n) is 6.38. The molecule has 1 amide bonds. The number of carboxylic acid groups (broad SMARTS) is 1. The maximum Gasteiger partial charge on any atom is 0.326 e. The first kappa shape index (κ1) is 15.5. The summed E-state index contributed by atoms with van der Waals surface area (Å²) in [6.07, 6.45) is 2.58. The van der Waals surface area contributed by atoms with Gasteiger partial charge in [0.2, 0.25) is 0 Å². The van der Waals surface area contributed by atoms with Crippen LogP contribution >= 0.6 is 0 Å². The molecule has 0 radical (unpaired) electrons. The van der Waals surface area contributed by atoms with Crippen molar-refractivity contribution in [1.29, 1.82) is 0 Å². The number of hydrogen-bond donors (Lipinski definition) is 1. The van der Waals surface area contributed by atoms with Gasteiger partial charge in [0, 0.05) is 12.1 Å². The topological polar surface area (TPSA) is 57.6 Å². The average Bonchev–Trinajstić information content (AvgIpc) is 2.45. The molecule has 1 unspecified atom stereocenters. The van der Waals surface area contributed by atoms with Gasteiger partial charge in [-0.1, -0.05) is 32.9 Å². The van der Waals surface area contributed by atoms with Crippen LogP contribution in [0.25, 0.3) is 0 Å². The molecule has 4 heteroatoms. The van der Waals surface area contributed by atoms with Crippen molar-refractivity contribution in [2.75, 3.05) is 6.54 Å². The van der Waals surface area contributed by atoms with Gasteiger partial charge in [-0.2, -0.15) is 0 Å². The van der Waals surface area contributed by atoms with E-state index in [-0.39, 0.29) is 5.91 Å². The Bertz CT molecular complexity index is 533. The van der Waals surface area contributed by atoms with Crippen molar-refractivity contribution in [3.05, 3.63) is 35.4 Å². The molecule has 1 aliphatic rings. The Labute approximate surface area is 125 Å². The summed E-state index contributed by atoms with van der Waals surface area (Å²) in [5, 5.41) is 9.53. The van der Waals surface area contributed by atoms with E-state index in [9.17, 15) is 14.7 Å². The fourth-order valence-electron chi connectivity index (χ4n) is 3.13. The summed E-state index contributed by atoms with van der Waals surface area (Å²) in [6.45, 7) is 6.41. The number of aliphatic carboxylic acids is 1. The van der Waals surface area contributed by atoms with Gasteiger partial charge < -0.3 is 10.0 Å². The molecule has 1 aromatic carbocycles. The zero-order valence-corrected chi connectivity index (χ0v) is 12.9. The minimum atomic E-state index is -0.918.